The van der Waals surface area contributed by atoms with Crippen molar-refractivity contribution in [1.82, 2.24) is 24.6 Å². The van der Waals surface area contributed by atoms with E-state index in [0.717, 1.165) is 23.5 Å². The van der Waals surface area contributed by atoms with Gasteiger partial charge in [0.05, 0.1) is 11.4 Å². The molecule has 1 saturated heterocycles. The maximum Gasteiger partial charge on any atom is 0.347 e. The van der Waals surface area contributed by atoms with Gasteiger partial charge in [0.2, 0.25) is 5.91 Å². The van der Waals surface area contributed by atoms with Gasteiger partial charge >= 0.3 is 5.69 Å². The number of carbonyl (C=O) groups is 1. The SMILES string of the molecule is Cc1cc(C)n(CCC(=O)N2CC[C@@H](c3cc(COc4cccc(F)c4)[nH]n3)C2)c(=O)n1. The zero-order valence-electron chi connectivity index (χ0n) is 18.2. The monoisotopic (exact) mass is 439 g/mol. The van der Waals surface area contributed by atoms with Crippen molar-refractivity contribution in [2.45, 2.75) is 45.8 Å². The molecule has 0 spiro atoms. The van der Waals surface area contributed by atoms with Crippen LogP contribution in [-0.4, -0.2) is 43.6 Å². The summed E-state index contributed by atoms with van der Waals surface area (Å²) in [4.78, 5) is 30.5. The van der Waals surface area contributed by atoms with Crippen LogP contribution >= 0.6 is 0 Å². The molecule has 1 N–H and O–H groups in total. The lowest BCUT2D eigenvalue weighted by atomic mass is 10.1. The minimum Gasteiger partial charge on any atom is -0.487 e. The Labute approximate surface area is 185 Å². The first-order valence-corrected chi connectivity index (χ1v) is 10.6. The Bertz CT molecular complexity index is 1170. The molecule has 1 aliphatic rings. The Hall–Kier alpha value is -3.49. The van der Waals surface area contributed by atoms with Crippen LogP contribution in [0.3, 0.4) is 0 Å². The maximum atomic E-state index is 13.3. The quantitative estimate of drug-likeness (QED) is 0.611. The molecule has 1 fully saturated rings. The first kappa shape index (κ1) is 21.7. The molecular weight excluding hydrogens is 413 g/mol. The molecule has 1 amide bonds. The van der Waals surface area contributed by atoms with Crippen molar-refractivity contribution < 1.29 is 13.9 Å². The third-order valence-corrected chi connectivity index (χ3v) is 5.70. The van der Waals surface area contributed by atoms with Gasteiger partial charge < -0.3 is 9.64 Å². The Morgan fingerprint density at radius 2 is 2.12 bits per heavy atom. The van der Waals surface area contributed by atoms with Crippen molar-refractivity contribution >= 4 is 5.91 Å². The fourth-order valence-corrected chi connectivity index (χ4v) is 4.02. The fraction of sp³-hybridized carbons (Fsp3) is 0.391. The maximum absolute atomic E-state index is 13.3. The van der Waals surface area contributed by atoms with Crippen molar-refractivity contribution in [3.63, 3.8) is 0 Å². The second-order valence-electron chi connectivity index (χ2n) is 8.11. The van der Waals surface area contributed by atoms with Gasteiger partial charge in [-0.15, -0.1) is 0 Å². The predicted octanol–water partition coefficient (Wildman–Crippen LogP) is 2.71. The zero-order valence-corrected chi connectivity index (χ0v) is 18.2. The number of likely N-dealkylation sites (tertiary alicyclic amines) is 1. The van der Waals surface area contributed by atoms with Crippen LogP contribution in [0, 0.1) is 19.7 Å². The number of hydrogen-bond donors (Lipinski definition) is 1. The number of H-pyrrole nitrogens is 1. The Morgan fingerprint density at radius 1 is 1.28 bits per heavy atom. The lowest BCUT2D eigenvalue weighted by Gasteiger charge is -2.17. The number of amides is 1. The van der Waals surface area contributed by atoms with E-state index in [0.29, 0.717) is 31.1 Å². The number of aryl methyl sites for hydroxylation is 2. The van der Waals surface area contributed by atoms with E-state index >= 15 is 0 Å². The van der Waals surface area contributed by atoms with Crippen LogP contribution in [0.4, 0.5) is 4.39 Å². The van der Waals surface area contributed by atoms with Gasteiger partial charge in [-0.25, -0.2) is 9.18 Å². The first-order chi connectivity index (χ1) is 15.4. The molecule has 8 nitrogen and oxygen atoms in total. The van der Waals surface area contributed by atoms with Crippen molar-refractivity contribution in [3.05, 3.63) is 75.5 Å². The minimum absolute atomic E-state index is 0.0181. The molecule has 3 heterocycles. The Kier molecular flexibility index (Phi) is 6.34. The molecule has 0 saturated carbocycles. The number of nitrogens with one attached hydrogen (secondary N) is 1. The summed E-state index contributed by atoms with van der Waals surface area (Å²) in [5.41, 5.74) is 2.83. The zero-order chi connectivity index (χ0) is 22.7. The van der Waals surface area contributed by atoms with Crippen molar-refractivity contribution in [2.75, 3.05) is 13.1 Å². The second-order valence-corrected chi connectivity index (χ2v) is 8.11. The standard InChI is InChI=1S/C23H26FN5O3/c1-15-10-16(2)29(23(31)25-15)9-7-22(30)28-8-6-17(13-28)21-12-19(26-27-21)14-32-20-5-3-4-18(24)11-20/h3-5,10-12,17H,6-9,13-14H2,1-2H3,(H,26,27)/t17-/m1/s1. The molecule has 0 unspecified atom stereocenters. The highest BCUT2D eigenvalue weighted by Crippen LogP contribution is 2.27. The minimum atomic E-state index is -0.345. The molecule has 168 valence electrons. The molecule has 0 radical (unpaired) electrons. The molecule has 0 aliphatic carbocycles. The molecule has 3 aromatic rings. The van der Waals surface area contributed by atoms with E-state index in [1.165, 1.54) is 16.7 Å². The average molecular weight is 439 g/mol. The van der Waals surface area contributed by atoms with E-state index in [1.54, 1.807) is 19.1 Å². The van der Waals surface area contributed by atoms with Crippen molar-refractivity contribution in [3.8, 4) is 5.75 Å². The number of nitrogens with zero attached hydrogens (tertiary/aromatic N) is 4. The van der Waals surface area contributed by atoms with Gasteiger partial charge in [-0.3, -0.25) is 14.5 Å². The van der Waals surface area contributed by atoms with Gasteiger partial charge in [0.25, 0.3) is 0 Å². The van der Waals surface area contributed by atoms with E-state index in [1.807, 2.05) is 24.0 Å². The largest absolute Gasteiger partial charge is 0.487 e. The number of rotatable bonds is 7. The van der Waals surface area contributed by atoms with Crippen molar-refractivity contribution in [2.24, 2.45) is 0 Å². The molecule has 0 bridgehead atoms. The predicted molar refractivity (Wildman–Crippen MR) is 116 cm³/mol. The highest BCUT2D eigenvalue weighted by molar-refractivity contribution is 5.76. The number of benzene rings is 1. The van der Waals surface area contributed by atoms with Gasteiger partial charge in [-0.05, 0) is 44.5 Å². The smallest absolute Gasteiger partial charge is 0.347 e. The average Bonchev–Trinajstić information content (AvgIpc) is 3.41. The van der Waals surface area contributed by atoms with Crippen molar-refractivity contribution in [1.29, 1.82) is 0 Å². The normalized spacial score (nSPS) is 15.8. The van der Waals surface area contributed by atoms with Crippen LogP contribution in [0.2, 0.25) is 0 Å². The van der Waals surface area contributed by atoms with Gasteiger partial charge in [0.1, 0.15) is 18.2 Å². The highest BCUT2D eigenvalue weighted by Gasteiger charge is 2.28. The molecule has 1 atom stereocenters. The molecule has 9 heteroatoms. The number of carbonyl (C=O) groups excluding carboxylic acids is 1. The highest BCUT2D eigenvalue weighted by atomic mass is 19.1. The van der Waals surface area contributed by atoms with E-state index in [-0.39, 0.29) is 36.4 Å². The number of hydrogen-bond acceptors (Lipinski definition) is 5. The van der Waals surface area contributed by atoms with Crippen LogP contribution in [0.15, 0.2) is 41.2 Å². The first-order valence-electron chi connectivity index (χ1n) is 10.6. The molecule has 2 aromatic heterocycles. The number of halogens is 1. The van der Waals surface area contributed by atoms with Crippen LogP contribution in [-0.2, 0) is 17.9 Å². The summed E-state index contributed by atoms with van der Waals surface area (Å²) in [5.74, 6) is 0.271. The molecule has 32 heavy (non-hydrogen) atoms. The summed E-state index contributed by atoms with van der Waals surface area (Å²) in [6.45, 7) is 5.45. The van der Waals surface area contributed by atoms with Gasteiger partial charge in [-0.1, -0.05) is 6.07 Å². The van der Waals surface area contributed by atoms with Gasteiger partial charge in [0.15, 0.2) is 0 Å². The number of aromatic amines is 1. The lowest BCUT2D eigenvalue weighted by molar-refractivity contribution is -0.130. The Balaban J connectivity index is 1.30. The second kappa shape index (κ2) is 9.33. The van der Waals surface area contributed by atoms with E-state index in [9.17, 15) is 14.0 Å². The van der Waals surface area contributed by atoms with Gasteiger partial charge in [0, 0.05) is 49.4 Å². The van der Waals surface area contributed by atoms with Crippen LogP contribution in [0.1, 0.15) is 41.5 Å². The third kappa shape index (κ3) is 5.04. The lowest BCUT2D eigenvalue weighted by Crippen LogP contribution is -2.32. The number of ether oxygens (including phenoxy) is 1. The van der Waals surface area contributed by atoms with E-state index < -0.39 is 0 Å². The van der Waals surface area contributed by atoms with Crippen LogP contribution in [0.25, 0.3) is 0 Å². The Morgan fingerprint density at radius 3 is 2.91 bits per heavy atom. The summed E-state index contributed by atoms with van der Waals surface area (Å²) in [5, 5.41) is 7.33. The topological polar surface area (TPSA) is 93.1 Å². The van der Waals surface area contributed by atoms with Crippen LogP contribution < -0.4 is 10.4 Å². The van der Waals surface area contributed by atoms with Gasteiger partial charge in [-0.2, -0.15) is 10.1 Å². The summed E-state index contributed by atoms with van der Waals surface area (Å²) < 4.78 is 20.4. The third-order valence-electron chi connectivity index (χ3n) is 5.70. The summed E-state index contributed by atoms with van der Waals surface area (Å²) in [7, 11) is 0. The summed E-state index contributed by atoms with van der Waals surface area (Å²) in [6, 6.07) is 9.76. The van der Waals surface area contributed by atoms with E-state index in [2.05, 4.69) is 15.2 Å². The molecule has 4 rings (SSSR count). The van der Waals surface area contributed by atoms with E-state index in [4.69, 9.17) is 4.74 Å². The summed E-state index contributed by atoms with van der Waals surface area (Å²) in [6.07, 6.45) is 1.08. The fourth-order valence-electron chi connectivity index (χ4n) is 4.02. The molecular formula is C23H26FN5O3. The summed E-state index contributed by atoms with van der Waals surface area (Å²) >= 11 is 0. The molecule has 1 aliphatic heterocycles. The van der Waals surface area contributed by atoms with Crippen LogP contribution in [0.5, 0.6) is 5.75 Å². The number of aromatic nitrogens is 4. The molecule has 1 aromatic carbocycles.